The van der Waals surface area contributed by atoms with Crippen LogP contribution in [-0.4, -0.2) is 26.6 Å². The number of aromatic hydroxyl groups is 1. The number of hydrogen-bond acceptors (Lipinski definition) is 5. The lowest BCUT2D eigenvalue weighted by Gasteiger charge is -2.27. The Labute approximate surface area is 212 Å². The topological polar surface area (TPSA) is 105 Å². The Bertz CT molecular complexity index is 1680. The van der Waals surface area contributed by atoms with Crippen LogP contribution in [0.3, 0.4) is 0 Å². The molecule has 0 saturated carbocycles. The van der Waals surface area contributed by atoms with E-state index in [9.17, 15) is 14.7 Å². The lowest BCUT2D eigenvalue weighted by molar-refractivity contribution is -0.124. The Morgan fingerprint density at radius 3 is 2.54 bits per heavy atom. The minimum absolute atomic E-state index is 0.0186. The molecule has 0 radical (unpaired) electrons. The number of aromatic nitrogens is 2. The number of para-hydroxylation sites is 1. The van der Waals surface area contributed by atoms with Crippen molar-refractivity contribution in [3.63, 3.8) is 0 Å². The fourth-order valence-corrected chi connectivity index (χ4v) is 4.99. The molecule has 3 N–H and O–H groups in total. The van der Waals surface area contributed by atoms with Gasteiger partial charge >= 0.3 is 6.03 Å². The number of imide groups is 1. The molecule has 1 aliphatic heterocycles. The number of urea groups is 1. The highest BCUT2D eigenvalue weighted by Crippen LogP contribution is 2.35. The summed E-state index contributed by atoms with van der Waals surface area (Å²) < 4.78 is 7.69. The fraction of sp³-hybridized carbons (Fsp3) is 0.138. The van der Waals surface area contributed by atoms with E-state index in [2.05, 4.69) is 15.6 Å². The van der Waals surface area contributed by atoms with Crippen LogP contribution in [0.25, 0.3) is 21.7 Å². The van der Waals surface area contributed by atoms with E-state index in [1.165, 1.54) is 0 Å². The number of ether oxygens (including phenoxy) is 1. The van der Waals surface area contributed by atoms with Gasteiger partial charge in [0.05, 0.1) is 12.1 Å². The van der Waals surface area contributed by atoms with E-state index < -0.39 is 17.5 Å². The summed E-state index contributed by atoms with van der Waals surface area (Å²) >= 11 is 0. The number of rotatable bonds is 6. The van der Waals surface area contributed by atoms with Gasteiger partial charge in [0, 0.05) is 33.6 Å². The van der Waals surface area contributed by atoms with Crippen molar-refractivity contribution in [2.24, 2.45) is 0 Å². The van der Waals surface area contributed by atoms with Crippen LogP contribution < -0.4 is 15.4 Å². The van der Waals surface area contributed by atoms with Gasteiger partial charge in [-0.15, -0.1) is 0 Å². The van der Waals surface area contributed by atoms with Gasteiger partial charge in [0.1, 0.15) is 12.4 Å². The van der Waals surface area contributed by atoms with Gasteiger partial charge in [0.25, 0.3) is 5.91 Å². The molecule has 3 aromatic carbocycles. The molecule has 184 valence electrons. The number of aryl methyl sites for hydroxylation is 1. The standard InChI is InChI=1S/C29H24N4O4/c1-18-13-20(23-9-5-6-10-25(23)30-18)16-37-22-12-11-19-15-33(26(34)24(19)14-22)17-29(21-7-3-2-4-8-21)27(35)31-28(36)32-29/h2-15,34H,16-17H2,1H3,(H2,31,32,35,36)/t29-/m0/s1. The monoisotopic (exact) mass is 492 g/mol. The summed E-state index contributed by atoms with van der Waals surface area (Å²) in [5, 5.41) is 18.6. The first kappa shape index (κ1) is 22.6. The molecule has 8 heteroatoms. The molecule has 0 bridgehead atoms. The van der Waals surface area contributed by atoms with E-state index in [-0.39, 0.29) is 12.4 Å². The summed E-state index contributed by atoms with van der Waals surface area (Å²) in [6.07, 6.45) is 1.76. The highest BCUT2D eigenvalue weighted by atomic mass is 16.5. The molecule has 1 saturated heterocycles. The van der Waals surface area contributed by atoms with Crippen LogP contribution in [0.1, 0.15) is 16.8 Å². The highest BCUT2D eigenvalue weighted by Gasteiger charge is 2.48. The third-order valence-electron chi connectivity index (χ3n) is 6.77. The molecule has 5 aromatic rings. The quantitative estimate of drug-likeness (QED) is 0.302. The number of pyridine rings is 1. The maximum absolute atomic E-state index is 12.9. The molecule has 3 amide bonds. The van der Waals surface area contributed by atoms with Gasteiger partial charge in [-0.3, -0.25) is 15.1 Å². The Balaban J connectivity index is 1.31. The molecule has 0 aliphatic carbocycles. The zero-order valence-corrected chi connectivity index (χ0v) is 20.1. The molecular formula is C29H24N4O4. The average Bonchev–Trinajstić information content (AvgIpc) is 3.37. The average molecular weight is 493 g/mol. The predicted molar refractivity (Wildman–Crippen MR) is 139 cm³/mol. The molecule has 37 heavy (non-hydrogen) atoms. The second-order valence-corrected chi connectivity index (χ2v) is 9.24. The fourth-order valence-electron chi connectivity index (χ4n) is 4.99. The Hall–Kier alpha value is -4.85. The summed E-state index contributed by atoms with van der Waals surface area (Å²) in [7, 11) is 0. The SMILES string of the molecule is Cc1cc(COc2ccc3cn(C[C@@]4(c5ccccc5)NC(=O)NC4=O)c(O)c3c2)c2ccccc2n1. The first-order valence-electron chi connectivity index (χ1n) is 11.9. The van der Waals surface area contributed by atoms with Gasteiger partial charge in [-0.1, -0.05) is 48.5 Å². The number of hydrogen-bond donors (Lipinski definition) is 3. The number of amides is 3. The van der Waals surface area contributed by atoms with Crippen molar-refractivity contribution in [3.8, 4) is 11.6 Å². The summed E-state index contributed by atoms with van der Waals surface area (Å²) in [6.45, 7) is 2.33. The van der Waals surface area contributed by atoms with Crippen molar-refractivity contribution in [1.29, 1.82) is 0 Å². The van der Waals surface area contributed by atoms with Crippen molar-refractivity contribution in [3.05, 3.63) is 102 Å². The van der Waals surface area contributed by atoms with Gasteiger partial charge in [0.15, 0.2) is 11.4 Å². The van der Waals surface area contributed by atoms with Gasteiger partial charge < -0.3 is 19.7 Å². The zero-order valence-electron chi connectivity index (χ0n) is 20.1. The molecule has 0 spiro atoms. The van der Waals surface area contributed by atoms with E-state index in [1.54, 1.807) is 41.1 Å². The van der Waals surface area contributed by atoms with E-state index in [1.807, 2.05) is 55.5 Å². The minimum Gasteiger partial charge on any atom is -0.494 e. The van der Waals surface area contributed by atoms with Crippen LogP contribution in [0.4, 0.5) is 4.79 Å². The van der Waals surface area contributed by atoms with Gasteiger partial charge in [0.2, 0.25) is 0 Å². The lowest BCUT2D eigenvalue weighted by atomic mass is 9.90. The van der Waals surface area contributed by atoms with Crippen LogP contribution in [0.2, 0.25) is 0 Å². The molecule has 1 fully saturated rings. The van der Waals surface area contributed by atoms with E-state index in [0.29, 0.717) is 23.3 Å². The van der Waals surface area contributed by atoms with Crippen LogP contribution >= 0.6 is 0 Å². The van der Waals surface area contributed by atoms with Crippen molar-refractivity contribution in [1.82, 2.24) is 20.2 Å². The van der Waals surface area contributed by atoms with E-state index in [4.69, 9.17) is 4.74 Å². The molecule has 8 nitrogen and oxygen atoms in total. The van der Waals surface area contributed by atoms with Crippen molar-refractivity contribution in [2.75, 3.05) is 0 Å². The first-order chi connectivity index (χ1) is 17.9. The normalized spacial score (nSPS) is 17.2. The molecule has 0 unspecified atom stereocenters. The number of carbonyl (C=O) groups excluding carboxylic acids is 2. The summed E-state index contributed by atoms with van der Waals surface area (Å²) in [5.41, 5.74) is 2.14. The molecule has 1 atom stereocenters. The van der Waals surface area contributed by atoms with Crippen LogP contribution in [0.5, 0.6) is 11.6 Å². The Morgan fingerprint density at radius 2 is 1.76 bits per heavy atom. The van der Waals surface area contributed by atoms with E-state index in [0.717, 1.165) is 27.5 Å². The predicted octanol–water partition coefficient (Wildman–Crippen LogP) is 4.52. The van der Waals surface area contributed by atoms with Crippen molar-refractivity contribution < 1.29 is 19.4 Å². The maximum atomic E-state index is 12.9. The molecule has 1 aliphatic rings. The number of fused-ring (bicyclic) bond motifs is 2. The second kappa shape index (κ2) is 8.67. The summed E-state index contributed by atoms with van der Waals surface area (Å²) in [4.78, 5) is 29.6. The summed E-state index contributed by atoms with van der Waals surface area (Å²) in [5.74, 6) is 0.114. The zero-order chi connectivity index (χ0) is 25.6. The Morgan fingerprint density at radius 1 is 0.973 bits per heavy atom. The molecule has 6 rings (SSSR count). The number of carbonyl (C=O) groups is 2. The number of benzene rings is 3. The van der Waals surface area contributed by atoms with Crippen molar-refractivity contribution >= 4 is 33.6 Å². The first-order valence-corrected chi connectivity index (χ1v) is 11.9. The van der Waals surface area contributed by atoms with Gasteiger partial charge in [-0.2, -0.15) is 0 Å². The minimum atomic E-state index is -1.34. The Kier molecular flexibility index (Phi) is 5.30. The molecular weight excluding hydrogens is 468 g/mol. The largest absolute Gasteiger partial charge is 0.494 e. The summed E-state index contributed by atoms with van der Waals surface area (Å²) in [6, 6.07) is 23.9. The molecule has 2 aromatic heterocycles. The molecule has 3 heterocycles. The van der Waals surface area contributed by atoms with Crippen LogP contribution in [0.15, 0.2) is 85.1 Å². The van der Waals surface area contributed by atoms with Gasteiger partial charge in [-0.05, 0) is 42.8 Å². The number of nitrogens with zero attached hydrogens (tertiary/aromatic N) is 2. The smallest absolute Gasteiger partial charge is 0.322 e. The van der Waals surface area contributed by atoms with Crippen LogP contribution in [0, 0.1) is 6.92 Å². The lowest BCUT2D eigenvalue weighted by Crippen LogP contribution is -2.47. The van der Waals surface area contributed by atoms with Gasteiger partial charge in [-0.25, -0.2) is 4.79 Å². The third-order valence-corrected chi connectivity index (χ3v) is 6.77. The van der Waals surface area contributed by atoms with Crippen molar-refractivity contribution in [2.45, 2.75) is 25.6 Å². The third kappa shape index (κ3) is 3.92. The maximum Gasteiger partial charge on any atom is 0.322 e. The van der Waals surface area contributed by atoms with Crippen LogP contribution in [-0.2, 0) is 23.5 Å². The van der Waals surface area contributed by atoms with E-state index >= 15 is 0 Å². The highest BCUT2D eigenvalue weighted by molar-refractivity contribution is 6.07. The second-order valence-electron chi connectivity index (χ2n) is 9.24. The number of nitrogens with one attached hydrogen (secondary N) is 2.